The maximum atomic E-state index is 14.0. The number of amides is 2. The van der Waals surface area contributed by atoms with Gasteiger partial charge in [-0.25, -0.2) is 9.18 Å². The van der Waals surface area contributed by atoms with Crippen LogP contribution in [0.3, 0.4) is 0 Å². The summed E-state index contributed by atoms with van der Waals surface area (Å²) in [4.78, 5) is 25.2. The summed E-state index contributed by atoms with van der Waals surface area (Å²) >= 11 is 0. The summed E-state index contributed by atoms with van der Waals surface area (Å²) in [6.45, 7) is 0.752. The minimum absolute atomic E-state index is 0.0500. The number of halogens is 1. The van der Waals surface area contributed by atoms with Gasteiger partial charge >= 0.3 is 6.03 Å². The summed E-state index contributed by atoms with van der Waals surface area (Å²) in [6, 6.07) is 12.0. The topological polar surface area (TPSA) is 66.7 Å². The highest BCUT2D eigenvalue weighted by molar-refractivity contribution is 6.06. The largest absolute Gasteiger partial charge is 0.329 e. The minimum Gasteiger partial charge on any atom is -0.292 e. The number of hydrogen-bond acceptors (Lipinski definition) is 3. The van der Waals surface area contributed by atoms with Gasteiger partial charge in [0.2, 0.25) is 0 Å². The molecular weight excluding hydrogens is 289 g/mol. The number of nitrogens with zero attached hydrogens (tertiary/aromatic N) is 3. The molecule has 0 saturated carbocycles. The molecule has 0 aromatic heterocycles. The Bertz CT molecular complexity index is 736. The quantitative estimate of drug-likeness (QED) is 0.646. The first-order valence-electron chi connectivity index (χ1n) is 6.66. The van der Waals surface area contributed by atoms with Crippen molar-refractivity contribution in [2.45, 2.75) is 0 Å². The highest BCUT2D eigenvalue weighted by Gasteiger charge is 2.32. The maximum Gasteiger partial charge on any atom is 0.329 e. The molecule has 1 heterocycles. The lowest BCUT2D eigenvalue weighted by Crippen LogP contribution is -2.32. The Balaban J connectivity index is 1.88. The van der Waals surface area contributed by atoms with Gasteiger partial charge < -0.3 is 0 Å². The van der Waals surface area contributed by atoms with E-state index in [1.807, 2.05) is 18.2 Å². The average Bonchev–Trinajstić information content (AvgIpc) is 2.89. The van der Waals surface area contributed by atoms with Crippen LogP contribution in [0, 0.1) is 15.9 Å². The molecule has 2 aromatic rings. The normalized spacial score (nSPS) is 14.5. The lowest BCUT2D eigenvalue weighted by atomic mass is 10.2. The first-order chi connectivity index (χ1) is 10.6. The first kappa shape index (κ1) is 14.0. The molecule has 0 unspecified atom stereocenters. The van der Waals surface area contributed by atoms with Gasteiger partial charge in [-0.2, -0.15) is 0 Å². The molecule has 1 aliphatic rings. The Morgan fingerprint density at radius 1 is 1.05 bits per heavy atom. The van der Waals surface area contributed by atoms with Crippen molar-refractivity contribution < 1.29 is 14.1 Å². The number of non-ortho nitro benzene ring substituents is 1. The number of benzene rings is 2. The Morgan fingerprint density at radius 3 is 2.36 bits per heavy atom. The van der Waals surface area contributed by atoms with Crippen molar-refractivity contribution in [1.82, 2.24) is 0 Å². The molecule has 0 radical (unpaired) electrons. The van der Waals surface area contributed by atoms with E-state index in [2.05, 4.69) is 0 Å². The predicted molar refractivity (Wildman–Crippen MR) is 79.6 cm³/mol. The molecular formula is C15H12FN3O3. The second kappa shape index (κ2) is 5.44. The molecule has 2 aromatic carbocycles. The molecule has 1 aliphatic heterocycles. The lowest BCUT2D eigenvalue weighted by molar-refractivity contribution is -0.385. The number of anilines is 2. The summed E-state index contributed by atoms with van der Waals surface area (Å²) in [5.41, 5.74) is 0.444. The van der Waals surface area contributed by atoms with Gasteiger partial charge in [0.1, 0.15) is 0 Å². The number of para-hydroxylation sites is 1. The Kier molecular flexibility index (Phi) is 3.46. The van der Waals surface area contributed by atoms with Gasteiger partial charge in [-0.1, -0.05) is 18.2 Å². The van der Waals surface area contributed by atoms with Crippen molar-refractivity contribution in [3.8, 4) is 0 Å². The lowest BCUT2D eigenvalue weighted by Gasteiger charge is -2.19. The number of nitro groups is 1. The standard InChI is InChI=1S/C15H12FN3O3/c16-13-10-12(19(21)22)6-7-14(13)18-9-8-17(15(18)20)11-4-2-1-3-5-11/h1-7,10H,8-9H2. The van der Waals surface area contributed by atoms with Crippen molar-refractivity contribution in [2.75, 3.05) is 22.9 Å². The molecule has 0 N–H and O–H groups in total. The van der Waals surface area contributed by atoms with E-state index in [-0.39, 0.29) is 17.4 Å². The molecule has 112 valence electrons. The van der Waals surface area contributed by atoms with Crippen molar-refractivity contribution in [3.63, 3.8) is 0 Å². The molecule has 1 saturated heterocycles. The molecule has 22 heavy (non-hydrogen) atoms. The van der Waals surface area contributed by atoms with Crippen LogP contribution in [-0.2, 0) is 0 Å². The van der Waals surface area contributed by atoms with E-state index in [1.165, 1.54) is 17.0 Å². The zero-order chi connectivity index (χ0) is 15.7. The average molecular weight is 301 g/mol. The molecule has 0 atom stereocenters. The van der Waals surface area contributed by atoms with Gasteiger partial charge in [0.05, 0.1) is 16.7 Å². The third kappa shape index (κ3) is 2.37. The summed E-state index contributed by atoms with van der Waals surface area (Å²) in [5, 5.41) is 10.6. The number of carbonyl (C=O) groups is 1. The molecule has 3 rings (SSSR count). The molecule has 2 amide bonds. The first-order valence-corrected chi connectivity index (χ1v) is 6.66. The number of rotatable bonds is 3. The minimum atomic E-state index is -0.780. The summed E-state index contributed by atoms with van der Waals surface area (Å²) in [5.74, 6) is -0.780. The number of nitro benzene ring substituents is 1. The van der Waals surface area contributed by atoms with Crippen LogP contribution in [0.2, 0.25) is 0 Å². The van der Waals surface area contributed by atoms with E-state index in [1.54, 1.807) is 17.0 Å². The van der Waals surface area contributed by atoms with E-state index in [4.69, 9.17) is 0 Å². The van der Waals surface area contributed by atoms with Gasteiger partial charge in [-0.05, 0) is 18.2 Å². The van der Waals surface area contributed by atoms with Gasteiger partial charge in [-0.3, -0.25) is 19.9 Å². The third-order valence-electron chi connectivity index (χ3n) is 3.51. The monoisotopic (exact) mass is 301 g/mol. The van der Waals surface area contributed by atoms with Crippen molar-refractivity contribution >= 4 is 23.1 Å². The summed E-state index contributed by atoms with van der Waals surface area (Å²) in [7, 11) is 0. The van der Waals surface area contributed by atoms with Crippen LogP contribution in [0.25, 0.3) is 0 Å². The molecule has 6 nitrogen and oxygen atoms in total. The highest BCUT2D eigenvalue weighted by atomic mass is 19.1. The predicted octanol–water partition coefficient (Wildman–Crippen LogP) is 3.18. The Hall–Kier alpha value is -2.96. The third-order valence-corrected chi connectivity index (χ3v) is 3.51. The fraction of sp³-hybridized carbons (Fsp3) is 0.133. The smallest absolute Gasteiger partial charge is 0.292 e. The van der Waals surface area contributed by atoms with Crippen LogP contribution in [0.15, 0.2) is 48.5 Å². The Labute approximate surface area is 125 Å². The van der Waals surface area contributed by atoms with Crippen molar-refractivity contribution in [2.24, 2.45) is 0 Å². The summed E-state index contributed by atoms with van der Waals surface area (Å²) < 4.78 is 14.0. The van der Waals surface area contributed by atoms with Crippen LogP contribution in [0.4, 0.5) is 26.2 Å². The molecule has 0 aliphatic carbocycles. The maximum absolute atomic E-state index is 14.0. The van der Waals surface area contributed by atoms with Crippen LogP contribution >= 0.6 is 0 Å². The van der Waals surface area contributed by atoms with E-state index < -0.39 is 10.7 Å². The molecule has 0 spiro atoms. The second-order valence-electron chi connectivity index (χ2n) is 4.81. The SMILES string of the molecule is O=C1N(c2ccccc2)CCN1c1ccc([N+](=O)[O-])cc1F. The van der Waals surface area contributed by atoms with Gasteiger partial charge in [0.15, 0.2) is 5.82 Å². The number of hydrogen-bond donors (Lipinski definition) is 0. The van der Waals surface area contributed by atoms with Crippen LogP contribution in [0.5, 0.6) is 0 Å². The zero-order valence-corrected chi connectivity index (χ0v) is 11.5. The van der Waals surface area contributed by atoms with Gasteiger partial charge in [-0.15, -0.1) is 0 Å². The fourth-order valence-electron chi connectivity index (χ4n) is 2.44. The van der Waals surface area contributed by atoms with E-state index in [0.717, 1.165) is 11.8 Å². The number of carbonyl (C=O) groups excluding carboxylic acids is 1. The Morgan fingerprint density at radius 2 is 1.73 bits per heavy atom. The molecule has 7 heteroatoms. The fourth-order valence-corrected chi connectivity index (χ4v) is 2.44. The molecule has 1 fully saturated rings. The second-order valence-corrected chi connectivity index (χ2v) is 4.81. The van der Waals surface area contributed by atoms with E-state index in [9.17, 15) is 19.3 Å². The van der Waals surface area contributed by atoms with Crippen LogP contribution < -0.4 is 9.80 Å². The van der Waals surface area contributed by atoms with Crippen LogP contribution in [0.1, 0.15) is 0 Å². The zero-order valence-electron chi connectivity index (χ0n) is 11.5. The molecule has 0 bridgehead atoms. The van der Waals surface area contributed by atoms with Gasteiger partial charge in [0.25, 0.3) is 5.69 Å². The van der Waals surface area contributed by atoms with Crippen molar-refractivity contribution in [1.29, 1.82) is 0 Å². The van der Waals surface area contributed by atoms with Crippen molar-refractivity contribution in [3.05, 3.63) is 64.5 Å². The highest BCUT2D eigenvalue weighted by Crippen LogP contribution is 2.29. The van der Waals surface area contributed by atoms with E-state index in [0.29, 0.717) is 13.1 Å². The van der Waals surface area contributed by atoms with Crippen LogP contribution in [-0.4, -0.2) is 24.0 Å². The van der Waals surface area contributed by atoms with Gasteiger partial charge in [0, 0.05) is 24.8 Å². The van der Waals surface area contributed by atoms with E-state index >= 15 is 0 Å². The summed E-state index contributed by atoms with van der Waals surface area (Å²) in [6.07, 6.45) is 0. The number of urea groups is 1.